The minimum Gasteiger partial charge on any atom is -0.351 e. The second kappa shape index (κ2) is 8.20. The van der Waals surface area contributed by atoms with Crippen LogP contribution in [-0.4, -0.2) is 33.9 Å². The summed E-state index contributed by atoms with van der Waals surface area (Å²) in [5.74, 6) is 0.0885. The predicted molar refractivity (Wildman–Crippen MR) is 99.4 cm³/mol. The smallest absolute Gasteiger partial charge is 0.268 e. The van der Waals surface area contributed by atoms with E-state index >= 15 is 0 Å². The number of hydrogen-bond acceptors (Lipinski definition) is 5. The van der Waals surface area contributed by atoms with Gasteiger partial charge in [-0.2, -0.15) is 0 Å². The summed E-state index contributed by atoms with van der Waals surface area (Å²) in [6.45, 7) is 3.47. The van der Waals surface area contributed by atoms with Gasteiger partial charge in [0.15, 0.2) is 0 Å². The number of nitrogens with zero attached hydrogens (tertiary/aromatic N) is 2. The quantitative estimate of drug-likeness (QED) is 0.665. The monoisotopic (exact) mass is 374 g/mol. The number of aromatic amines is 1. The molecule has 1 amide bonds. The first-order valence-electron chi connectivity index (χ1n) is 8.25. The number of rotatable bonds is 7. The lowest BCUT2D eigenvalue weighted by atomic mass is 10.2. The number of H-pyrrole nitrogens is 1. The average Bonchev–Trinajstić information content (AvgIpc) is 3.10. The Bertz CT molecular complexity index is 952. The number of likely N-dealkylation sites (N-methyl/N-ethyl adjacent to an activating group) is 1. The Morgan fingerprint density at radius 3 is 2.81 bits per heavy atom. The van der Waals surface area contributed by atoms with Crippen molar-refractivity contribution < 1.29 is 9.18 Å². The van der Waals surface area contributed by atoms with Crippen LogP contribution < -0.4 is 10.9 Å². The van der Waals surface area contributed by atoms with Gasteiger partial charge in [-0.25, -0.2) is 9.37 Å². The molecule has 0 aliphatic heterocycles. The first kappa shape index (κ1) is 18.2. The van der Waals surface area contributed by atoms with Gasteiger partial charge in [-0.05, 0) is 35.7 Å². The normalized spacial score (nSPS) is 11.2. The molecule has 26 heavy (non-hydrogen) atoms. The highest BCUT2D eigenvalue weighted by atomic mass is 32.1. The molecule has 2 N–H and O–H groups in total. The minimum absolute atomic E-state index is 0.143. The standard InChI is InChI=1S/C18H19FN4O2S/c1-2-23(10-15-21-14-7-8-26-17(14)18(25)22-15)11-16(24)20-9-12-3-5-13(19)6-4-12/h3-8H,2,9-11H2,1H3,(H,20,24)(H,21,22,25). The summed E-state index contributed by atoms with van der Waals surface area (Å²) in [4.78, 5) is 33.3. The van der Waals surface area contributed by atoms with Crippen molar-refractivity contribution >= 4 is 27.5 Å². The summed E-state index contributed by atoms with van der Waals surface area (Å²) in [7, 11) is 0. The van der Waals surface area contributed by atoms with Crippen LogP contribution in [0.25, 0.3) is 10.2 Å². The Morgan fingerprint density at radius 2 is 2.08 bits per heavy atom. The molecule has 0 fully saturated rings. The van der Waals surface area contributed by atoms with Crippen LogP contribution in [0.1, 0.15) is 18.3 Å². The number of hydrogen-bond donors (Lipinski definition) is 2. The van der Waals surface area contributed by atoms with Crippen LogP contribution in [0.4, 0.5) is 4.39 Å². The topological polar surface area (TPSA) is 78.1 Å². The van der Waals surface area contributed by atoms with Crippen LogP contribution in [0.3, 0.4) is 0 Å². The average molecular weight is 374 g/mol. The molecule has 0 bridgehead atoms. The predicted octanol–water partition coefficient (Wildman–Crippen LogP) is 2.26. The molecule has 0 spiro atoms. The SMILES string of the molecule is CCN(CC(=O)NCc1ccc(F)cc1)Cc1nc2ccsc2c(=O)[nH]1. The van der Waals surface area contributed by atoms with Crippen molar-refractivity contribution in [1.29, 1.82) is 0 Å². The van der Waals surface area contributed by atoms with Crippen LogP contribution in [0, 0.1) is 5.82 Å². The highest BCUT2D eigenvalue weighted by Crippen LogP contribution is 2.14. The van der Waals surface area contributed by atoms with Gasteiger partial charge >= 0.3 is 0 Å². The lowest BCUT2D eigenvalue weighted by Crippen LogP contribution is -2.37. The molecule has 6 nitrogen and oxygen atoms in total. The van der Waals surface area contributed by atoms with Gasteiger partial charge in [0.1, 0.15) is 16.3 Å². The Kier molecular flexibility index (Phi) is 5.75. The van der Waals surface area contributed by atoms with Crippen LogP contribution in [0.2, 0.25) is 0 Å². The van der Waals surface area contributed by atoms with Crippen molar-refractivity contribution in [2.24, 2.45) is 0 Å². The first-order chi connectivity index (χ1) is 12.5. The molecule has 136 valence electrons. The highest BCUT2D eigenvalue weighted by molar-refractivity contribution is 7.17. The fraction of sp³-hybridized carbons (Fsp3) is 0.278. The number of benzene rings is 1. The molecule has 0 saturated heterocycles. The van der Waals surface area contributed by atoms with E-state index in [4.69, 9.17) is 0 Å². The second-order valence-corrected chi connectivity index (χ2v) is 6.77. The second-order valence-electron chi connectivity index (χ2n) is 5.85. The van der Waals surface area contributed by atoms with Crippen LogP contribution in [0.5, 0.6) is 0 Å². The van der Waals surface area contributed by atoms with Gasteiger partial charge in [-0.3, -0.25) is 14.5 Å². The Morgan fingerprint density at radius 1 is 1.31 bits per heavy atom. The Balaban J connectivity index is 1.58. The van der Waals surface area contributed by atoms with E-state index in [-0.39, 0.29) is 23.8 Å². The molecule has 1 aromatic carbocycles. The van der Waals surface area contributed by atoms with Crippen molar-refractivity contribution in [3.05, 3.63) is 63.3 Å². The van der Waals surface area contributed by atoms with E-state index in [0.29, 0.717) is 35.7 Å². The van der Waals surface area contributed by atoms with Crippen molar-refractivity contribution in [1.82, 2.24) is 20.2 Å². The number of aromatic nitrogens is 2. The zero-order valence-electron chi connectivity index (χ0n) is 14.3. The maximum Gasteiger partial charge on any atom is 0.268 e. The third-order valence-corrected chi connectivity index (χ3v) is 4.86. The zero-order valence-corrected chi connectivity index (χ0v) is 15.1. The van der Waals surface area contributed by atoms with Crippen molar-refractivity contribution in [3.8, 4) is 0 Å². The third kappa shape index (κ3) is 4.53. The van der Waals surface area contributed by atoms with E-state index in [1.165, 1.54) is 23.5 Å². The van der Waals surface area contributed by atoms with Gasteiger partial charge in [-0.1, -0.05) is 19.1 Å². The van der Waals surface area contributed by atoms with Crippen molar-refractivity contribution in [2.75, 3.05) is 13.1 Å². The van der Waals surface area contributed by atoms with E-state index in [9.17, 15) is 14.0 Å². The summed E-state index contributed by atoms with van der Waals surface area (Å²) < 4.78 is 13.5. The number of amides is 1. The molecular formula is C18H19FN4O2S. The number of fused-ring (bicyclic) bond motifs is 1. The van der Waals surface area contributed by atoms with Crippen molar-refractivity contribution in [2.45, 2.75) is 20.0 Å². The van der Waals surface area contributed by atoms with Crippen LogP contribution in [0.15, 0.2) is 40.5 Å². The van der Waals surface area contributed by atoms with Gasteiger partial charge in [0.25, 0.3) is 5.56 Å². The molecule has 8 heteroatoms. The molecule has 0 radical (unpaired) electrons. The zero-order chi connectivity index (χ0) is 18.5. The van der Waals surface area contributed by atoms with E-state index in [1.54, 1.807) is 12.1 Å². The summed E-state index contributed by atoms with van der Waals surface area (Å²) in [6, 6.07) is 7.81. The van der Waals surface area contributed by atoms with Gasteiger partial charge in [0, 0.05) is 6.54 Å². The molecule has 0 unspecified atom stereocenters. The lowest BCUT2D eigenvalue weighted by molar-refractivity contribution is -0.122. The number of halogens is 1. The van der Waals surface area contributed by atoms with E-state index in [1.807, 2.05) is 23.3 Å². The van der Waals surface area contributed by atoms with E-state index in [0.717, 1.165) is 5.56 Å². The molecule has 3 rings (SSSR count). The van der Waals surface area contributed by atoms with E-state index < -0.39 is 0 Å². The van der Waals surface area contributed by atoms with Gasteiger partial charge in [0.05, 0.1) is 18.6 Å². The Hall–Kier alpha value is -2.58. The number of carbonyl (C=O) groups is 1. The van der Waals surface area contributed by atoms with Gasteiger partial charge in [-0.15, -0.1) is 11.3 Å². The number of carbonyl (C=O) groups excluding carboxylic acids is 1. The first-order valence-corrected chi connectivity index (χ1v) is 9.13. The summed E-state index contributed by atoms with van der Waals surface area (Å²) in [5, 5.41) is 4.64. The molecule has 0 atom stereocenters. The fourth-order valence-electron chi connectivity index (χ4n) is 2.55. The Labute approximate surface area is 153 Å². The maximum atomic E-state index is 12.9. The highest BCUT2D eigenvalue weighted by Gasteiger charge is 2.12. The van der Waals surface area contributed by atoms with Gasteiger partial charge < -0.3 is 10.3 Å². The molecule has 2 aromatic heterocycles. The molecule has 0 aliphatic carbocycles. The largest absolute Gasteiger partial charge is 0.351 e. The maximum absolute atomic E-state index is 12.9. The lowest BCUT2D eigenvalue weighted by Gasteiger charge is -2.19. The van der Waals surface area contributed by atoms with Crippen molar-refractivity contribution in [3.63, 3.8) is 0 Å². The van der Waals surface area contributed by atoms with Crippen LogP contribution >= 0.6 is 11.3 Å². The summed E-state index contributed by atoms with van der Waals surface area (Å²) in [5.41, 5.74) is 1.35. The minimum atomic E-state index is -0.304. The molecule has 2 heterocycles. The molecule has 0 aliphatic rings. The summed E-state index contributed by atoms with van der Waals surface area (Å²) >= 11 is 1.36. The molecular weight excluding hydrogens is 355 g/mol. The number of nitrogens with one attached hydrogen (secondary N) is 2. The fourth-order valence-corrected chi connectivity index (χ4v) is 3.28. The van der Waals surface area contributed by atoms with E-state index in [2.05, 4.69) is 15.3 Å². The molecule has 0 saturated carbocycles. The van der Waals surface area contributed by atoms with Crippen LogP contribution in [-0.2, 0) is 17.9 Å². The summed E-state index contributed by atoms with van der Waals surface area (Å²) in [6.07, 6.45) is 0. The van der Waals surface area contributed by atoms with Gasteiger partial charge in [0.2, 0.25) is 5.91 Å². The number of thiophene rings is 1. The molecule has 3 aromatic rings. The third-order valence-electron chi connectivity index (χ3n) is 3.95.